The number of ether oxygens (including phenoxy) is 1. The zero-order chi connectivity index (χ0) is 9.15. The molecular weight excluding hydrogens is 162 g/mol. The Balaban J connectivity index is 2.06. The molecule has 0 aliphatic carbocycles. The minimum atomic E-state index is 0.158. The van der Waals surface area contributed by atoms with Crippen LogP contribution in [0, 0.1) is 0 Å². The van der Waals surface area contributed by atoms with Gasteiger partial charge in [-0.3, -0.25) is 4.90 Å². The molecule has 0 amide bonds. The van der Waals surface area contributed by atoms with E-state index >= 15 is 0 Å². The van der Waals surface area contributed by atoms with E-state index in [2.05, 4.69) is 11.8 Å². The topological polar surface area (TPSA) is 12.5 Å². The first-order valence-corrected chi connectivity index (χ1v) is 5.76. The molecule has 0 aromatic carbocycles. The van der Waals surface area contributed by atoms with Crippen LogP contribution in [0.4, 0.5) is 0 Å². The Kier molecular flexibility index (Phi) is 2.89. The summed E-state index contributed by atoms with van der Waals surface area (Å²) in [5, 5.41) is 0. The van der Waals surface area contributed by atoms with Crippen LogP contribution in [0.2, 0.25) is 0 Å². The average molecular weight is 183 g/mol. The normalized spacial score (nSPS) is 36.7. The highest BCUT2D eigenvalue weighted by molar-refractivity contribution is 4.87. The Hall–Kier alpha value is -0.0800. The second-order valence-corrected chi connectivity index (χ2v) is 4.29. The smallest absolute Gasteiger partial charge is 0.121 e. The third kappa shape index (κ3) is 1.75. The van der Waals surface area contributed by atoms with Crippen molar-refractivity contribution in [2.75, 3.05) is 19.7 Å². The monoisotopic (exact) mass is 183 g/mol. The fourth-order valence-corrected chi connectivity index (χ4v) is 2.80. The first-order valence-electron chi connectivity index (χ1n) is 5.76. The Bertz CT molecular complexity index is 155. The van der Waals surface area contributed by atoms with Crippen LogP contribution in [0.15, 0.2) is 0 Å². The van der Waals surface area contributed by atoms with Gasteiger partial charge in [-0.25, -0.2) is 0 Å². The van der Waals surface area contributed by atoms with Crippen molar-refractivity contribution in [3.8, 4) is 0 Å². The van der Waals surface area contributed by atoms with Crippen molar-refractivity contribution in [2.24, 2.45) is 0 Å². The quantitative estimate of drug-likeness (QED) is 0.619. The van der Waals surface area contributed by atoms with Gasteiger partial charge in [0.2, 0.25) is 0 Å². The largest absolute Gasteiger partial charge is 0.360 e. The fourth-order valence-electron chi connectivity index (χ4n) is 2.80. The van der Waals surface area contributed by atoms with E-state index in [0.717, 1.165) is 13.2 Å². The Morgan fingerprint density at radius 2 is 1.92 bits per heavy atom. The van der Waals surface area contributed by atoms with Crippen LogP contribution in [0.1, 0.15) is 45.4 Å². The van der Waals surface area contributed by atoms with Gasteiger partial charge >= 0.3 is 0 Å². The second-order valence-electron chi connectivity index (χ2n) is 4.29. The lowest BCUT2D eigenvalue weighted by Gasteiger charge is -2.48. The van der Waals surface area contributed by atoms with Crippen LogP contribution in [-0.4, -0.2) is 30.3 Å². The molecule has 1 unspecified atom stereocenters. The van der Waals surface area contributed by atoms with Gasteiger partial charge in [-0.1, -0.05) is 6.92 Å². The highest BCUT2D eigenvalue weighted by Gasteiger charge is 2.39. The molecule has 0 aromatic heterocycles. The molecule has 2 saturated heterocycles. The molecule has 2 aliphatic heterocycles. The van der Waals surface area contributed by atoms with Crippen molar-refractivity contribution >= 4 is 0 Å². The third-order valence-corrected chi connectivity index (χ3v) is 3.54. The predicted octanol–water partition coefficient (Wildman–Crippen LogP) is 2.39. The lowest BCUT2D eigenvalue weighted by Crippen LogP contribution is -2.55. The maximum Gasteiger partial charge on any atom is 0.121 e. The van der Waals surface area contributed by atoms with Gasteiger partial charge in [-0.15, -0.1) is 0 Å². The summed E-state index contributed by atoms with van der Waals surface area (Å²) in [5.74, 6) is 0. The number of likely N-dealkylation sites (tertiary alicyclic amines) is 1. The third-order valence-electron chi connectivity index (χ3n) is 3.54. The van der Waals surface area contributed by atoms with Crippen molar-refractivity contribution in [2.45, 2.75) is 51.2 Å². The van der Waals surface area contributed by atoms with E-state index in [0.29, 0.717) is 0 Å². The molecule has 0 saturated carbocycles. The minimum absolute atomic E-state index is 0.158. The molecule has 1 atom stereocenters. The van der Waals surface area contributed by atoms with Gasteiger partial charge in [-0.2, -0.15) is 0 Å². The van der Waals surface area contributed by atoms with Crippen LogP contribution >= 0.6 is 0 Å². The fraction of sp³-hybridized carbons (Fsp3) is 1.00. The number of hydrogen-bond acceptors (Lipinski definition) is 2. The van der Waals surface area contributed by atoms with Gasteiger partial charge in [0, 0.05) is 13.2 Å². The molecule has 2 nitrogen and oxygen atoms in total. The summed E-state index contributed by atoms with van der Waals surface area (Å²) in [6.07, 6.45) is 7.87. The van der Waals surface area contributed by atoms with Crippen LogP contribution in [0.25, 0.3) is 0 Å². The van der Waals surface area contributed by atoms with Crippen LogP contribution in [0.3, 0.4) is 0 Å². The number of hydrogen-bond donors (Lipinski definition) is 0. The van der Waals surface area contributed by atoms with Crippen LogP contribution in [-0.2, 0) is 4.74 Å². The van der Waals surface area contributed by atoms with Crippen molar-refractivity contribution in [1.82, 2.24) is 4.90 Å². The first kappa shape index (κ1) is 9.47. The van der Waals surface area contributed by atoms with Crippen molar-refractivity contribution in [3.05, 3.63) is 0 Å². The molecule has 0 aromatic rings. The lowest BCUT2D eigenvalue weighted by molar-refractivity contribution is -0.195. The van der Waals surface area contributed by atoms with Crippen molar-refractivity contribution < 1.29 is 4.74 Å². The molecule has 76 valence electrons. The molecule has 2 fully saturated rings. The average Bonchev–Trinajstić information content (AvgIpc) is 2.20. The standard InChI is InChI=1S/C11H21NO/c1-2-12-9-5-3-7-11(12)8-4-6-10-13-11/h2-10H2,1H3. The molecule has 2 heterocycles. The van der Waals surface area contributed by atoms with Gasteiger partial charge in [0.1, 0.15) is 5.72 Å². The summed E-state index contributed by atoms with van der Waals surface area (Å²) in [6, 6.07) is 0. The molecular formula is C11H21NO. The Labute approximate surface area is 81.3 Å². The number of rotatable bonds is 1. The number of piperidine rings is 1. The van der Waals surface area contributed by atoms with E-state index < -0.39 is 0 Å². The lowest BCUT2D eigenvalue weighted by atomic mass is 9.91. The predicted molar refractivity (Wildman–Crippen MR) is 53.6 cm³/mol. The molecule has 2 rings (SSSR count). The molecule has 2 aliphatic rings. The summed E-state index contributed by atoms with van der Waals surface area (Å²) in [7, 11) is 0. The maximum absolute atomic E-state index is 6.04. The SMILES string of the molecule is CCN1CCCCC12CCCCO2. The molecule has 13 heavy (non-hydrogen) atoms. The van der Waals surface area contributed by atoms with Crippen LogP contribution < -0.4 is 0 Å². The van der Waals surface area contributed by atoms with Gasteiger partial charge in [0.15, 0.2) is 0 Å². The summed E-state index contributed by atoms with van der Waals surface area (Å²) >= 11 is 0. The maximum atomic E-state index is 6.04. The zero-order valence-electron chi connectivity index (χ0n) is 8.72. The Morgan fingerprint density at radius 1 is 1.15 bits per heavy atom. The van der Waals surface area contributed by atoms with Gasteiger partial charge in [0.25, 0.3) is 0 Å². The first-order chi connectivity index (χ1) is 6.37. The summed E-state index contributed by atoms with van der Waals surface area (Å²) in [6.45, 7) is 5.64. The van der Waals surface area contributed by atoms with Crippen molar-refractivity contribution in [3.63, 3.8) is 0 Å². The molecule has 0 N–H and O–H groups in total. The van der Waals surface area contributed by atoms with E-state index in [-0.39, 0.29) is 5.72 Å². The van der Waals surface area contributed by atoms with Gasteiger partial charge in [0.05, 0.1) is 0 Å². The molecule has 0 bridgehead atoms. The van der Waals surface area contributed by atoms with E-state index in [1.165, 1.54) is 45.1 Å². The zero-order valence-corrected chi connectivity index (χ0v) is 8.72. The Morgan fingerprint density at radius 3 is 2.62 bits per heavy atom. The van der Waals surface area contributed by atoms with Gasteiger partial charge < -0.3 is 4.74 Å². The van der Waals surface area contributed by atoms with Crippen LogP contribution in [0.5, 0.6) is 0 Å². The molecule has 1 spiro atoms. The summed E-state index contributed by atoms with van der Waals surface area (Å²) in [4.78, 5) is 2.55. The van der Waals surface area contributed by atoms with Gasteiger partial charge in [-0.05, 0) is 45.1 Å². The van der Waals surface area contributed by atoms with E-state index in [4.69, 9.17) is 4.74 Å². The summed E-state index contributed by atoms with van der Waals surface area (Å²) < 4.78 is 6.04. The van der Waals surface area contributed by atoms with E-state index in [9.17, 15) is 0 Å². The second kappa shape index (κ2) is 3.97. The van der Waals surface area contributed by atoms with Crippen molar-refractivity contribution in [1.29, 1.82) is 0 Å². The summed E-state index contributed by atoms with van der Waals surface area (Å²) in [5.41, 5.74) is 0.158. The molecule has 0 radical (unpaired) electrons. The highest BCUT2D eigenvalue weighted by atomic mass is 16.5. The van der Waals surface area contributed by atoms with E-state index in [1.54, 1.807) is 0 Å². The highest BCUT2D eigenvalue weighted by Crippen LogP contribution is 2.36. The minimum Gasteiger partial charge on any atom is -0.360 e. The number of nitrogens with zero attached hydrogens (tertiary/aromatic N) is 1. The van der Waals surface area contributed by atoms with E-state index in [1.807, 2.05) is 0 Å². The molecule has 2 heteroatoms.